The van der Waals surface area contributed by atoms with E-state index in [-0.39, 0.29) is 24.3 Å². The topological polar surface area (TPSA) is 103 Å². The van der Waals surface area contributed by atoms with Crippen LogP contribution in [0.25, 0.3) is 11.4 Å². The van der Waals surface area contributed by atoms with Gasteiger partial charge >= 0.3 is 18.2 Å². The molecule has 0 bridgehead atoms. The molecule has 9 nitrogen and oxygen atoms in total. The fourth-order valence-electron chi connectivity index (χ4n) is 3.13. The number of morpholine rings is 1. The molecule has 1 aliphatic rings. The normalized spacial score (nSPS) is 14.2. The van der Waals surface area contributed by atoms with Crippen molar-refractivity contribution in [1.29, 1.82) is 0 Å². The molecule has 0 radical (unpaired) electrons. The molecule has 3 heterocycles. The summed E-state index contributed by atoms with van der Waals surface area (Å²) < 4.78 is 66.6. The number of benzene rings is 1. The van der Waals surface area contributed by atoms with Crippen LogP contribution in [0.3, 0.4) is 0 Å². The van der Waals surface area contributed by atoms with Gasteiger partial charge in [-0.15, -0.1) is 0 Å². The van der Waals surface area contributed by atoms with E-state index in [9.17, 15) is 22.4 Å². The number of alkyl halides is 3. The largest absolute Gasteiger partial charge is 0.471 e. The molecule has 0 atom stereocenters. The van der Waals surface area contributed by atoms with E-state index in [1.807, 2.05) is 6.07 Å². The third-order valence-corrected chi connectivity index (χ3v) is 4.92. The first-order chi connectivity index (χ1) is 16.3. The van der Waals surface area contributed by atoms with Crippen LogP contribution in [0.5, 0.6) is 0 Å². The highest BCUT2D eigenvalue weighted by Crippen LogP contribution is 2.29. The van der Waals surface area contributed by atoms with Crippen LogP contribution in [0.1, 0.15) is 17.0 Å². The van der Waals surface area contributed by atoms with Gasteiger partial charge in [-0.1, -0.05) is 23.4 Å². The molecule has 0 spiro atoms. The van der Waals surface area contributed by atoms with Crippen LogP contribution >= 0.6 is 0 Å². The monoisotopic (exact) mass is 481 g/mol. The Morgan fingerprint density at radius 2 is 1.97 bits per heavy atom. The van der Waals surface area contributed by atoms with E-state index in [4.69, 9.17) is 9.47 Å². The molecule has 34 heavy (non-hydrogen) atoms. The van der Waals surface area contributed by atoms with Gasteiger partial charge in [-0.3, -0.25) is 0 Å². The van der Waals surface area contributed by atoms with E-state index in [0.717, 1.165) is 25.0 Å². The molecule has 1 saturated heterocycles. The zero-order chi connectivity index (χ0) is 24.1. The third kappa shape index (κ3) is 5.78. The Hall–Kier alpha value is -3.74. The average Bonchev–Trinajstić information content (AvgIpc) is 3.34. The molecule has 1 fully saturated rings. The minimum Gasteiger partial charge on any atom is -0.445 e. The van der Waals surface area contributed by atoms with Gasteiger partial charge in [-0.25, -0.2) is 14.2 Å². The van der Waals surface area contributed by atoms with Crippen molar-refractivity contribution in [2.24, 2.45) is 0 Å². The second-order valence-electron chi connectivity index (χ2n) is 7.28. The van der Waals surface area contributed by atoms with Gasteiger partial charge in [-0.05, 0) is 12.1 Å². The molecule has 0 saturated carbocycles. The Morgan fingerprint density at radius 3 is 2.62 bits per heavy atom. The smallest absolute Gasteiger partial charge is 0.445 e. The van der Waals surface area contributed by atoms with E-state index in [0.29, 0.717) is 18.8 Å². The number of pyridine rings is 1. The lowest BCUT2D eigenvalue weighted by Crippen LogP contribution is -2.36. The number of carbonyl (C=O) groups is 1. The van der Waals surface area contributed by atoms with E-state index < -0.39 is 29.8 Å². The summed E-state index contributed by atoms with van der Waals surface area (Å²) in [6.45, 7) is 2.58. The van der Waals surface area contributed by atoms with Gasteiger partial charge in [0, 0.05) is 42.5 Å². The number of carbonyl (C=O) groups excluding carboxylic acids is 1. The van der Waals surface area contributed by atoms with Crippen molar-refractivity contribution in [3.8, 4) is 11.4 Å². The number of rotatable bonds is 6. The van der Waals surface area contributed by atoms with Crippen molar-refractivity contribution in [3.63, 3.8) is 0 Å². The molecule has 1 amide bonds. The third-order valence-electron chi connectivity index (χ3n) is 4.92. The maximum Gasteiger partial charge on any atom is 0.471 e. The molecule has 1 aliphatic heterocycles. The fourth-order valence-corrected chi connectivity index (χ4v) is 3.13. The molecular formula is C21H19F4N5O4. The van der Waals surface area contributed by atoms with Gasteiger partial charge in [0.15, 0.2) is 0 Å². The van der Waals surface area contributed by atoms with Crippen molar-refractivity contribution in [2.45, 2.75) is 19.3 Å². The van der Waals surface area contributed by atoms with Crippen LogP contribution in [-0.4, -0.2) is 47.5 Å². The second kappa shape index (κ2) is 10.0. The number of amides is 1. The quantitative estimate of drug-likeness (QED) is 0.534. The number of aromatic nitrogens is 3. The Bertz CT molecular complexity index is 1130. The molecule has 180 valence electrons. The second-order valence-corrected chi connectivity index (χ2v) is 7.28. The highest BCUT2D eigenvalue weighted by Gasteiger charge is 2.38. The predicted molar refractivity (Wildman–Crippen MR) is 109 cm³/mol. The average molecular weight is 481 g/mol. The molecule has 0 aliphatic carbocycles. The van der Waals surface area contributed by atoms with Gasteiger partial charge in [0.05, 0.1) is 13.2 Å². The van der Waals surface area contributed by atoms with Crippen LogP contribution in [0.15, 0.2) is 41.1 Å². The summed E-state index contributed by atoms with van der Waals surface area (Å²) in [4.78, 5) is 21.6. The lowest BCUT2D eigenvalue weighted by Gasteiger charge is -2.27. The molecular weight excluding hydrogens is 462 g/mol. The maximum absolute atomic E-state index is 14.3. The van der Waals surface area contributed by atoms with Crippen LogP contribution in [0, 0.1) is 5.82 Å². The van der Waals surface area contributed by atoms with Crippen LogP contribution in [0.2, 0.25) is 0 Å². The number of hydrogen-bond acceptors (Lipinski definition) is 8. The number of anilines is 1. The number of nitrogens with one attached hydrogen (secondary N) is 1. The zero-order valence-electron chi connectivity index (χ0n) is 17.6. The summed E-state index contributed by atoms with van der Waals surface area (Å²) in [5, 5.41) is 5.62. The Kier molecular flexibility index (Phi) is 6.91. The molecule has 1 aromatic carbocycles. The molecule has 13 heteroatoms. The highest BCUT2D eigenvalue weighted by atomic mass is 19.4. The molecule has 1 N–H and O–H groups in total. The predicted octanol–water partition coefficient (Wildman–Crippen LogP) is 3.55. The zero-order valence-corrected chi connectivity index (χ0v) is 17.6. The number of nitrogens with zero attached hydrogens (tertiary/aromatic N) is 4. The summed E-state index contributed by atoms with van der Waals surface area (Å²) in [7, 11) is 0. The van der Waals surface area contributed by atoms with Crippen LogP contribution in [0.4, 0.5) is 28.2 Å². The molecule has 2 aromatic heterocycles. The summed E-state index contributed by atoms with van der Waals surface area (Å²) >= 11 is 0. The minimum absolute atomic E-state index is 0.00361. The van der Waals surface area contributed by atoms with E-state index in [2.05, 4.69) is 29.9 Å². The highest BCUT2D eigenvalue weighted by molar-refractivity contribution is 5.67. The van der Waals surface area contributed by atoms with Crippen molar-refractivity contribution in [3.05, 3.63) is 59.4 Å². The maximum atomic E-state index is 14.3. The van der Waals surface area contributed by atoms with Crippen LogP contribution in [-0.2, 0) is 28.8 Å². The van der Waals surface area contributed by atoms with Gasteiger partial charge in [0.1, 0.15) is 18.2 Å². The fraction of sp³-hybridized carbons (Fsp3) is 0.333. The summed E-state index contributed by atoms with van der Waals surface area (Å²) in [5.41, 5.74) is 0.772. The number of hydrogen-bond donors (Lipinski definition) is 1. The van der Waals surface area contributed by atoms with Crippen LogP contribution < -0.4 is 10.2 Å². The van der Waals surface area contributed by atoms with Gasteiger partial charge in [-0.2, -0.15) is 18.2 Å². The Labute approximate surface area is 190 Å². The van der Waals surface area contributed by atoms with Crippen molar-refractivity contribution in [1.82, 2.24) is 20.4 Å². The minimum atomic E-state index is -4.80. The van der Waals surface area contributed by atoms with Crippen molar-refractivity contribution >= 4 is 11.9 Å². The number of alkyl carbamates (subject to hydrolysis) is 1. The Balaban J connectivity index is 1.27. The summed E-state index contributed by atoms with van der Waals surface area (Å²) in [5.74, 6) is -1.88. The van der Waals surface area contributed by atoms with Crippen molar-refractivity contribution < 1.29 is 36.4 Å². The lowest BCUT2D eigenvalue weighted by molar-refractivity contribution is -0.159. The molecule has 3 aromatic rings. The van der Waals surface area contributed by atoms with E-state index in [1.54, 1.807) is 12.3 Å². The van der Waals surface area contributed by atoms with Gasteiger partial charge in [0.2, 0.25) is 5.82 Å². The molecule has 4 rings (SSSR count). The Morgan fingerprint density at radius 1 is 1.18 bits per heavy atom. The number of halogens is 4. The van der Waals surface area contributed by atoms with Gasteiger partial charge < -0.3 is 24.2 Å². The van der Waals surface area contributed by atoms with E-state index >= 15 is 0 Å². The first-order valence-electron chi connectivity index (χ1n) is 10.2. The van der Waals surface area contributed by atoms with Crippen molar-refractivity contribution in [2.75, 3.05) is 31.2 Å². The first kappa shape index (κ1) is 23.4. The summed E-state index contributed by atoms with van der Waals surface area (Å²) in [6.07, 6.45) is -3.96. The van der Waals surface area contributed by atoms with Gasteiger partial charge in [0.25, 0.3) is 0 Å². The molecule has 0 unspecified atom stereocenters. The number of ether oxygens (including phenoxy) is 2. The lowest BCUT2D eigenvalue weighted by atomic mass is 10.1. The first-order valence-corrected chi connectivity index (χ1v) is 10.2. The standard InChI is InChI=1S/C21H19F4N5O4/c22-16-9-14(18-28-19(34-29-18)21(23,24)25)2-3-15(16)11-27-20(31)33-12-13-1-4-17(26-10-13)30-5-7-32-8-6-30/h1-4,9-10H,5-8,11-12H2,(H,27,31). The summed E-state index contributed by atoms with van der Waals surface area (Å²) in [6, 6.07) is 7.20. The van der Waals surface area contributed by atoms with E-state index in [1.165, 1.54) is 12.1 Å². The SMILES string of the molecule is O=C(NCc1ccc(-c2noc(C(F)(F)F)n2)cc1F)OCc1ccc(N2CCOCC2)nc1.